The van der Waals surface area contributed by atoms with E-state index in [2.05, 4.69) is 6.58 Å². The van der Waals surface area contributed by atoms with Crippen LogP contribution in [0.5, 0.6) is 0 Å². The number of hydrogen-bond acceptors (Lipinski definition) is 2. The summed E-state index contributed by atoms with van der Waals surface area (Å²) < 4.78 is 0. The quantitative estimate of drug-likeness (QED) is 0.540. The summed E-state index contributed by atoms with van der Waals surface area (Å²) in [6, 6.07) is 0. The summed E-state index contributed by atoms with van der Waals surface area (Å²) in [7, 11) is 3.37. The molecule has 2 nitrogen and oxygen atoms in total. The molecule has 0 aliphatic rings. The molecule has 3 heteroatoms. The first-order chi connectivity index (χ1) is 3.66. The molecule has 0 rings (SSSR count). The molecule has 0 fully saturated rings. The average molecular weight is 136 g/mol. The number of hydrogen-bond donors (Lipinski definition) is 0. The molecule has 0 aromatic carbocycles. The highest BCUT2D eigenvalue weighted by atomic mass is 35.5. The zero-order valence-corrected chi connectivity index (χ0v) is 5.90. The normalized spacial score (nSPS) is 10.0. The summed E-state index contributed by atoms with van der Waals surface area (Å²) in [4.78, 5) is 4.75. The summed E-state index contributed by atoms with van der Waals surface area (Å²) >= 11 is 5.44. The molecule has 8 heavy (non-hydrogen) atoms. The number of hydroxylamine groups is 2. The Morgan fingerprint density at radius 1 is 1.88 bits per heavy atom. The molecule has 0 radical (unpaired) electrons. The van der Waals surface area contributed by atoms with E-state index in [1.165, 1.54) is 0 Å². The van der Waals surface area contributed by atoms with Crippen molar-refractivity contribution in [3.63, 3.8) is 0 Å². The van der Waals surface area contributed by atoms with Gasteiger partial charge in [0, 0.05) is 12.1 Å². The van der Waals surface area contributed by atoms with E-state index in [0.717, 1.165) is 0 Å². The van der Waals surface area contributed by atoms with Crippen LogP contribution in [0.15, 0.2) is 11.6 Å². The molecule has 0 aliphatic heterocycles. The number of likely N-dealkylation sites (N-methyl/N-ethyl adjacent to an activating group) is 1. The summed E-state index contributed by atoms with van der Waals surface area (Å²) in [6.45, 7) is 4.05. The first-order valence-electron chi connectivity index (χ1n) is 2.25. The summed E-state index contributed by atoms with van der Waals surface area (Å²) in [5.74, 6) is 0. The van der Waals surface area contributed by atoms with Crippen molar-refractivity contribution >= 4 is 11.6 Å². The molecule has 0 saturated heterocycles. The van der Waals surface area contributed by atoms with Gasteiger partial charge < -0.3 is 4.84 Å². The molecule has 0 spiro atoms. The third-order valence-electron chi connectivity index (χ3n) is 0.706. The van der Waals surface area contributed by atoms with Crippen molar-refractivity contribution in [3.8, 4) is 0 Å². The second kappa shape index (κ2) is 3.89. The minimum Gasteiger partial charge on any atom is -0.302 e. The Balaban J connectivity index is 3.24. The molecule has 0 bridgehead atoms. The molecule has 48 valence electrons. The molecular weight excluding hydrogens is 126 g/mol. The van der Waals surface area contributed by atoms with Crippen LogP contribution in [0.3, 0.4) is 0 Å². The SMILES string of the molecule is C=C(Cl)CN(C)OC. The van der Waals surface area contributed by atoms with Crippen molar-refractivity contribution in [3.05, 3.63) is 11.6 Å². The maximum Gasteiger partial charge on any atom is 0.0589 e. The molecule has 0 amide bonds. The monoisotopic (exact) mass is 135 g/mol. The summed E-state index contributed by atoms with van der Waals surface area (Å²) in [5.41, 5.74) is 0. The number of nitrogens with zero attached hydrogens (tertiary/aromatic N) is 1. The molecule has 0 saturated carbocycles. The first-order valence-corrected chi connectivity index (χ1v) is 2.63. The van der Waals surface area contributed by atoms with E-state index in [-0.39, 0.29) is 0 Å². The lowest BCUT2D eigenvalue weighted by molar-refractivity contribution is -0.0999. The van der Waals surface area contributed by atoms with Gasteiger partial charge in [-0.15, -0.1) is 0 Å². The van der Waals surface area contributed by atoms with Gasteiger partial charge in [0.25, 0.3) is 0 Å². The summed E-state index contributed by atoms with van der Waals surface area (Å²) in [5, 5.41) is 2.17. The van der Waals surface area contributed by atoms with E-state index >= 15 is 0 Å². The van der Waals surface area contributed by atoms with Crippen molar-refractivity contribution in [1.82, 2.24) is 5.06 Å². The van der Waals surface area contributed by atoms with Crippen LogP contribution in [0.4, 0.5) is 0 Å². The predicted octanol–water partition coefficient (Wildman–Crippen LogP) is 1.23. The van der Waals surface area contributed by atoms with Crippen LogP contribution in [0.2, 0.25) is 0 Å². The van der Waals surface area contributed by atoms with E-state index in [0.29, 0.717) is 11.6 Å². The number of halogens is 1. The Bertz CT molecular complexity index is 84.5. The Morgan fingerprint density at radius 2 is 2.38 bits per heavy atom. The van der Waals surface area contributed by atoms with E-state index < -0.39 is 0 Å². The highest BCUT2D eigenvalue weighted by Gasteiger charge is 1.93. The second-order valence-corrected chi connectivity index (χ2v) is 2.02. The molecule has 0 heterocycles. The molecular formula is C5H10ClNO. The number of rotatable bonds is 3. The van der Waals surface area contributed by atoms with Crippen molar-refractivity contribution < 1.29 is 4.84 Å². The third kappa shape index (κ3) is 4.12. The maximum absolute atomic E-state index is 5.44. The second-order valence-electron chi connectivity index (χ2n) is 1.49. The minimum atomic E-state index is 0.568. The molecule has 0 atom stereocenters. The fraction of sp³-hybridized carbons (Fsp3) is 0.600. The molecule has 0 N–H and O–H groups in total. The maximum atomic E-state index is 5.44. The van der Waals surface area contributed by atoms with Crippen LogP contribution in [-0.4, -0.2) is 25.8 Å². The van der Waals surface area contributed by atoms with Crippen LogP contribution < -0.4 is 0 Å². The van der Waals surface area contributed by atoms with Gasteiger partial charge in [-0.05, 0) is 0 Å². The van der Waals surface area contributed by atoms with Crippen LogP contribution >= 0.6 is 11.6 Å². The molecule has 0 unspecified atom stereocenters. The van der Waals surface area contributed by atoms with Gasteiger partial charge in [0.2, 0.25) is 0 Å². The van der Waals surface area contributed by atoms with E-state index in [4.69, 9.17) is 16.4 Å². The molecule has 0 aromatic heterocycles. The highest BCUT2D eigenvalue weighted by molar-refractivity contribution is 6.29. The standard InChI is InChI=1S/C5H10ClNO/c1-5(6)4-7(2)8-3/h1,4H2,2-3H3. The zero-order valence-electron chi connectivity index (χ0n) is 5.15. The van der Waals surface area contributed by atoms with Gasteiger partial charge in [0.15, 0.2) is 0 Å². The Labute approximate surface area is 54.6 Å². The Kier molecular flexibility index (Phi) is 3.87. The van der Waals surface area contributed by atoms with Crippen molar-refractivity contribution in [2.45, 2.75) is 0 Å². The van der Waals surface area contributed by atoms with E-state index in [1.54, 1.807) is 19.2 Å². The van der Waals surface area contributed by atoms with Gasteiger partial charge in [-0.1, -0.05) is 18.2 Å². The van der Waals surface area contributed by atoms with Gasteiger partial charge in [-0.3, -0.25) is 0 Å². The van der Waals surface area contributed by atoms with Gasteiger partial charge in [0.05, 0.1) is 13.7 Å². The van der Waals surface area contributed by atoms with Crippen molar-refractivity contribution in [2.24, 2.45) is 0 Å². The van der Waals surface area contributed by atoms with Crippen LogP contribution in [0.25, 0.3) is 0 Å². The van der Waals surface area contributed by atoms with Crippen LogP contribution in [-0.2, 0) is 4.84 Å². The first kappa shape index (κ1) is 7.95. The van der Waals surface area contributed by atoms with E-state index in [9.17, 15) is 0 Å². The lowest BCUT2D eigenvalue weighted by Gasteiger charge is -2.10. The molecule has 0 aliphatic carbocycles. The highest BCUT2D eigenvalue weighted by Crippen LogP contribution is 1.97. The Hall–Kier alpha value is -0.0500. The van der Waals surface area contributed by atoms with Crippen molar-refractivity contribution in [1.29, 1.82) is 0 Å². The fourth-order valence-corrected chi connectivity index (χ4v) is 0.474. The average Bonchev–Trinajstić information content (AvgIpc) is 1.65. The van der Waals surface area contributed by atoms with Gasteiger partial charge in [-0.2, -0.15) is 5.06 Å². The topological polar surface area (TPSA) is 12.5 Å². The van der Waals surface area contributed by atoms with Gasteiger partial charge in [0.1, 0.15) is 0 Å². The fourth-order valence-electron chi connectivity index (χ4n) is 0.306. The van der Waals surface area contributed by atoms with Crippen LogP contribution in [0.1, 0.15) is 0 Å². The van der Waals surface area contributed by atoms with Gasteiger partial charge in [-0.25, -0.2) is 0 Å². The van der Waals surface area contributed by atoms with Gasteiger partial charge >= 0.3 is 0 Å². The Morgan fingerprint density at radius 3 is 2.50 bits per heavy atom. The largest absolute Gasteiger partial charge is 0.302 e. The zero-order chi connectivity index (χ0) is 6.57. The smallest absolute Gasteiger partial charge is 0.0589 e. The lowest BCUT2D eigenvalue weighted by Crippen LogP contribution is -2.17. The lowest BCUT2D eigenvalue weighted by atomic mass is 10.6. The third-order valence-corrected chi connectivity index (χ3v) is 0.825. The van der Waals surface area contributed by atoms with Crippen molar-refractivity contribution in [2.75, 3.05) is 20.7 Å². The predicted molar refractivity (Wildman–Crippen MR) is 34.6 cm³/mol. The summed E-state index contributed by atoms with van der Waals surface area (Å²) in [6.07, 6.45) is 0. The van der Waals surface area contributed by atoms with Crippen LogP contribution in [0, 0.1) is 0 Å². The molecule has 0 aromatic rings. The van der Waals surface area contributed by atoms with E-state index in [1.807, 2.05) is 0 Å². The minimum absolute atomic E-state index is 0.568.